The van der Waals surface area contributed by atoms with Crippen molar-refractivity contribution >= 4 is 28.5 Å². The summed E-state index contributed by atoms with van der Waals surface area (Å²) in [6, 6.07) is 37.3. The minimum Gasteiger partial charge on any atom is -0.459 e. The van der Waals surface area contributed by atoms with Crippen molar-refractivity contribution in [1.29, 1.82) is 5.26 Å². The van der Waals surface area contributed by atoms with Gasteiger partial charge in [0, 0.05) is 56.2 Å². The molecule has 4 aliphatic rings. The molecule has 9 rings (SSSR count). The zero-order valence-electron chi connectivity index (χ0n) is 40.7. The summed E-state index contributed by atoms with van der Waals surface area (Å²) < 4.78 is 26.9. The van der Waals surface area contributed by atoms with Crippen molar-refractivity contribution in [2.24, 2.45) is 22.9 Å². The third-order valence-electron chi connectivity index (χ3n) is 14.7. The van der Waals surface area contributed by atoms with E-state index >= 15 is 4.79 Å². The number of aliphatic hydroxyl groups is 2. The number of nitriles is 1. The molecule has 2 heterocycles. The van der Waals surface area contributed by atoms with E-state index in [4.69, 9.17) is 28.9 Å². The summed E-state index contributed by atoms with van der Waals surface area (Å²) in [4.78, 5) is 37.4. The van der Waals surface area contributed by atoms with E-state index in [-0.39, 0.29) is 63.0 Å². The molecular formula is C59H64N4O9. The van der Waals surface area contributed by atoms with Crippen LogP contribution in [0, 0.1) is 29.1 Å². The lowest BCUT2D eigenvalue weighted by Gasteiger charge is -2.60. The van der Waals surface area contributed by atoms with Gasteiger partial charge in [-0.3, -0.25) is 4.79 Å². The molecule has 374 valence electrons. The molecule has 0 aromatic heterocycles. The topological polar surface area (TPSA) is 172 Å². The standard InChI is InChI=1S/C59H64N4O9/c1-2-32-69-59-53(63(57(66)43-26-24-40(37-60)25-27-43)39-45-20-14-19-42-17-6-7-21-47(42)45)36-51(62-72-54-23-10-13-33-68-54)49-34-44(18-8-11-30-64)48(22-9-12-31-65)55(56(49)59)50-35-46(28-29-52(50)71-59)70-58(67)61-38-41-15-4-3-5-16-41/h2-7,14-17,19-21,24-29,34-35,44,48,53-56,64-65H,1,8-13,18,22-23,30-33,36,38-39H2,(H,61,67). The van der Waals surface area contributed by atoms with Crippen LogP contribution in [0.4, 0.5) is 4.79 Å². The Kier molecular flexibility index (Phi) is 16.4. The van der Waals surface area contributed by atoms with E-state index in [0.29, 0.717) is 54.2 Å². The summed E-state index contributed by atoms with van der Waals surface area (Å²) in [6.07, 6.45) is 9.77. The molecule has 13 heteroatoms. The number of unbranched alkanes of at least 4 members (excludes halogenated alkanes) is 2. The van der Waals surface area contributed by atoms with Gasteiger partial charge in [0.25, 0.3) is 5.91 Å². The fourth-order valence-corrected chi connectivity index (χ4v) is 11.3. The van der Waals surface area contributed by atoms with Crippen molar-refractivity contribution < 1.29 is 43.6 Å². The van der Waals surface area contributed by atoms with Crippen LogP contribution in [0.3, 0.4) is 0 Å². The number of amides is 2. The minimum absolute atomic E-state index is 0.0203. The number of nitrogens with zero attached hydrogens (tertiary/aromatic N) is 3. The molecule has 2 aliphatic heterocycles. The Labute approximate surface area is 421 Å². The minimum atomic E-state index is -1.56. The summed E-state index contributed by atoms with van der Waals surface area (Å²) in [5.41, 5.74) is 4.98. The van der Waals surface area contributed by atoms with Gasteiger partial charge in [-0.15, -0.1) is 6.58 Å². The van der Waals surface area contributed by atoms with E-state index in [2.05, 4.69) is 42.2 Å². The number of nitrogens with one attached hydrogen (secondary N) is 1. The van der Waals surface area contributed by atoms with Crippen molar-refractivity contribution in [3.05, 3.63) is 167 Å². The van der Waals surface area contributed by atoms with Crippen molar-refractivity contribution in [1.82, 2.24) is 10.2 Å². The Morgan fingerprint density at radius 1 is 0.917 bits per heavy atom. The van der Waals surface area contributed by atoms with Gasteiger partial charge in [-0.05, 0) is 120 Å². The molecule has 0 spiro atoms. The molecule has 5 aromatic rings. The zero-order chi connectivity index (χ0) is 49.9. The fraction of sp³-hybridized carbons (Fsp3) is 0.390. The maximum absolute atomic E-state index is 15.7. The number of hydrogen-bond donors (Lipinski definition) is 3. The van der Waals surface area contributed by atoms with Crippen LogP contribution in [0.2, 0.25) is 0 Å². The first-order valence-electron chi connectivity index (χ1n) is 25.5. The first-order valence-corrected chi connectivity index (χ1v) is 25.5. The Morgan fingerprint density at radius 2 is 1.69 bits per heavy atom. The van der Waals surface area contributed by atoms with Gasteiger partial charge in [-0.2, -0.15) is 5.26 Å². The summed E-state index contributed by atoms with van der Waals surface area (Å²) >= 11 is 0. The van der Waals surface area contributed by atoms with Gasteiger partial charge >= 0.3 is 6.09 Å². The van der Waals surface area contributed by atoms with Gasteiger partial charge in [0.05, 0.1) is 36.5 Å². The highest BCUT2D eigenvalue weighted by Crippen LogP contribution is 2.62. The first-order chi connectivity index (χ1) is 35.3. The highest BCUT2D eigenvalue weighted by Gasteiger charge is 2.65. The van der Waals surface area contributed by atoms with E-state index in [1.165, 1.54) is 0 Å². The van der Waals surface area contributed by atoms with E-state index in [9.17, 15) is 20.3 Å². The van der Waals surface area contributed by atoms with Crippen molar-refractivity contribution in [3.63, 3.8) is 0 Å². The van der Waals surface area contributed by atoms with Crippen molar-refractivity contribution in [3.8, 4) is 17.6 Å². The fourth-order valence-electron chi connectivity index (χ4n) is 11.3. The Bertz CT molecular complexity index is 2780. The molecule has 1 saturated heterocycles. The van der Waals surface area contributed by atoms with Crippen LogP contribution in [-0.2, 0) is 27.4 Å². The third-order valence-corrected chi connectivity index (χ3v) is 14.7. The molecule has 0 bridgehead atoms. The Hall–Kier alpha value is -6.82. The van der Waals surface area contributed by atoms with Gasteiger partial charge < -0.3 is 44.2 Å². The number of aliphatic hydroxyl groups excluding tert-OH is 2. The lowest BCUT2D eigenvalue weighted by molar-refractivity contribution is -0.255. The number of rotatable bonds is 20. The zero-order valence-corrected chi connectivity index (χ0v) is 40.7. The molecule has 13 nitrogen and oxygen atoms in total. The van der Waals surface area contributed by atoms with Crippen molar-refractivity contribution in [2.45, 2.75) is 101 Å². The van der Waals surface area contributed by atoms with Crippen LogP contribution < -0.4 is 14.8 Å². The number of benzene rings is 5. The number of ether oxygens (including phenoxy) is 4. The Balaban J connectivity index is 1.24. The number of allylic oxidation sites excluding steroid dienone is 1. The van der Waals surface area contributed by atoms with Crippen LogP contribution in [0.25, 0.3) is 10.8 Å². The second-order valence-electron chi connectivity index (χ2n) is 19.2. The van der Waals surface area contributed by atoms with Crippen LogP contribution in [0.15, 0.2) is 145 Å². The van der Waals surface area contributed by atoms with Gasteiger partial charge in [0.15, 0.2) is 0 Å². The molecule has 2 amide bonds. The molecule has 2 aliphatic carbocycles. The SMILES string of the molecule is C=CCOC12Oc3ccc(OC(=O)NCc4ccccc4)cc3C3C(CCCCO)C(CCCCO)C=C(C(=NOC4CCCCO4)CC1N(Cc1cccc4ccccc14)C(=O)c1ccc(C#N)cc1)C32. The maximum Gasteiger partial charge on any atom is 0.412 e. The van der Waals surface area contributed by atoms with E-state index in [0.717, 1.165) is 71.6 Å². The van der Waals surface area contributed by atoms with Crippen LogP contribution >= 0.6 is 0 Å². The lowest BCUT2D eigenvalue weighted by atomic mass is 9.55. The van der Waals surface area contributed by atoms with E-state index in [1.54, 1.807) is 36.4 Å². The molecule has 7 unspecified atom stereocenters. The molecule has 5 aromatic carbocycles. The Morgan fingerprint density at radius 3 is 2.46 bits per heavy atom. The monoisotopic (exact) mass is 972 g/mol. The highest BCUT2D eigenvalue weighted by molar-refractivity contribution is 6.03. The number of carbonyl (C=O) groups excluding carboxylic acids is 2. The van der Waals surface area contributed by atoms with Gasteiger partial charge in [-0.1, -0.05) is 103 Å². The van der Waals surface area contributed by atoms with Gasteiger partial charge in [0.2, 0.25) is 12.1 Å². The number of oxime groups is 1. The van der Waals surface area contributed by atoms with Crippen LogP contribution in [0.5, 0.6) is 11.5 Å². The average molecular weight is 973 g/mol. The molecule has 72 heavy (non-hydrogen) atoms. The third kappa shape index (κ3) is 11.0. The predicted octanol–water partition coefficient (Wildman–Crippen LogP) is 10.5. The van der Waals surface area contributed by atoms with E-state index < -0.39 is 30.1 Å². The number of hydrogen-bond acceptors (Lipinski definition) is 11. The van der Waals surface area contributed by atoms with E-state index in [1.807, 2.05) is 71.6 Å². The number of fused-ring (bicyclic) bond motifs is 3. The van der Waals surface area contributed by atoms with Gasteiger partial charge in [0.1, 0.15) is 17.5 Å². The maximum atomic E-state index is 15.7. The molecular weight excluding hydrogens is 909 g/mol. The normalized spacial score (nSPS) is 23.6. The lowest BCUT2D eigenvalue weighted by Crippen LogP contribution is -2.70. The smallest absolute Gasteiger partial charge is 0.412 e. The molecule has 7 atom stereocenters. The summed E-state index contributed by atoms with van der Waals surface area (Å²) in [5, 5.41) is 39.9. The van der Waals surface area contributed by atoms with Crippen LogP contribution in [-0.4, -0.2) is 77.4 Å². The molecule has 3 N–H and O–H groups in total. The second kappa shape index (κ2) is 23.6. The second-order valence-corrected chi connectivity index (χ2v) is 19.2. The summed E-state index contributed by atoms with van der Waals surface area (Å²) in [5.74, 6) is -2.07. The highest BCUT2D eigenvalue weighted by atomic mass is 16.8. The average Bonchev–Trinajstić information content (AvgIpc) is 3.42. The first kappa shape index (κ1) is 50.1. The summed E-state index contributed by atoms with van der Waals surface area (Å²) in [7, 11) is 0. The van der Waals surface area contributed by atoms with Crippen LogP contribution in [0.1, 0.15) is 103 Å². The predicted molar refractivity (Wildman–Crippen MR) is 274 cm³/mol. The largest absolute Gasteiger partial charge is 0.459 e. The molecule has 2 fully saturated rings. The van der Waals surface area contributed by atoms with Gasteiger partial charge in [-0.25, -0.2) is 4.79 Å². The quantitative estimate of drug-likeness (QED) is 0.0387. The summed E-state index contributed by atoms with van der Waals surface area (Å²) in [6.45, 7) is 5.28. The van der Waals surface area contributed by atoms with Crippen molar-refractivity contribution in [2.75, 3.05) is 26.4 Å². The molecule has 0 radical (unpaired) electrons. The molecule has 1 saturated carbocycles. The number of carbonyl (C=O) groups is 2.